The van der Waals surface area contributed by atoms with E-state index >= 15 is 0 Å². The number of aromatic amines is 1. The second kappa shape index (κ2) is 32.8. The number of furan rings is 3. The number of carbonyl (C=O) groups excluding carboxylic acids is 5. The molecule has 3 saturated heterocycles. The van der Waals surface area contributed by atoms with Gasteiger partial charge in [-0.1, -0.05) is 109 Å². The van der Waals surface area contributed by atoms with Gasteiger partial charge in [-0.25, -0.2) is 4.98 Å². The Labute approximate surface area is 669 Å². The first-order valence-corrected chi connectivity index (χ1v) is 40.8. The third kappa shape index (κ3) is 16.4. The van der Waals surface area contributed by atoms with Crippen molar-refractivity contribution in [3.05, 3.63) is 285 Å². The Kier molecular flexibility index (Phi) is 22.2. The molecule has 28 nitrogen and oxygen atoms in total. The van der Waals surface area contributed by atoms with E-state index in [0.717, 1.165) is 55.8 Å². The highest BCUT2D eigenvalue weighted by Crippen LogP contribution is 2.52. The first-order valence-electron chi connectivity index (χ1n) is 37.7. The molecule has 5 aromatic heterocycles. The normalized spacial score (nSPS) is 16.0. The summed E-state index contributed by atoms with van der Waals surface area (Å²) >= 11 is 0. The highest BCUT2D eigenvalue weighted by Gasteiger charge is 2.52. The van der Waals surface area contributed by atoms with Crippen molar-refractivity contribution in [1.29, 1.82) is 0 Å². The molecule has 5 amide bonds. The molecule has 0 saturated carbocycles. The van der Waals surface area contributed by atoms with Crippen molar-refractivity contribution in [3.8, 4) is 35.5 Å². The molecule has 8 N–H and O–H groups in total. The minimum Gasteiger partial charge on any atom is -0.443 e. The minimum atomic E-state index is -4.47. The van der Waals surface area contributed by atoms with Gasteiger partial charge in [0.15, 0.2) is 45.3 Å². The summed E-state index contributed by atoms with van der Waals surface area (Å²) in [6, 6.07) is 55.9. The quantitative estimate of drug-likeness (QED) is 0.0600. The van der Waals surface area contributed by atoms with Crippen molar-refractivity contribution in [2.75, 3.05) is 78.8 Å². The molecule has 3 spiro atoms. The monoisotopic (exact) mass is 1600 g/mol. The summed E-state index contributed by atoms with van der Waals surface area (Å²) in [5.74, 6) is 17.4. The molecule has 0 bridgehead atoms. The molecule has 0 aliphatic carbocycles. The minimum absolute atomic E-state index is 0.0116. The first kappa shape index (κ1) is 78.3. The van der Waals surface area contributed by atoms with E-state index < -0.39 is 42.6 Å². The Hall–Kier alpha value is -13.0. The molecule has 0 atom stereocenters. The summed E-state index contributed by atoms with van der Waals surface area (Å²) in [4.78, 5) is 78.2. The summed E-state index contributed by atoms with van der Waals surface area (Å²) in [6.45, 7) is 4.96. The van der Waals surface area contributed by atoms with Gasteiger partial charge < -0.3 is 59.5 Å². The van der Waals surface area contributed by atoms with Gasteiger partial charge in [0, 0.05) is 136 Å². The van der Waals surface area contributed by atoms with Crippen LogP contribution in [0.5, 0.6) is 0 Å². The summed E-state index contributed by atoms with van der Waals surface area (Å²) in [5, 5.41) is 13.6. The van der Waals surface area contributed by atoms with E-state index in [1.807, 2.05) is 127 Å². The predicted octanol–water partition coefficient (Wildman–Crippen LogP) is 8.29. The SMILES string of the molecule is Cn1cnc(S(=O)(=O)N2CC3(CCN(C(=O)c4ccc(C#Cc5ccccc5)o4)CC3)c3cc(CN)ccc32)c1.NCc1ccc2c(c1)C1(CCN(C(=O)c3ccc(C#Cc4ccccc4)o3)CC1)CN2C(=O)CS(=O)(=O)O.NCc1ccc2c(c1)C1(CCN(C(=O)c3ccc(C#Cc4ccccc4)o3)CC1)CN2C(=O)c1nn[nH]n1. The van der Waals surface area contributed by atoms with E-state index in [1.165, 1.54) is 21.7 Å². The fraction of sp³-hybridized carbons (Fsp3) is 0.267. The van der Waals surface area contributed by atoms with Crippen LogP contribution in [0.3, 0.4) is 0 Å². The Balaban J connectivity index is 0.000000137. The van der Waals surface area contributed by atoms with E-state index in [1.54, 1.807) is 79.7 Å². The molecule has 6 aromatic carbocycles. The Morgan fingerprint density at radius 3 is 1.22 bits per heavy atom. The van der Waals surface area contributed by atoms with Crippen molar-refractivity contribution in [3.63, 3.8) is 0 Å². The Morgan fingerprint density at radius 2 is 0.853 bits per heavy atom. The van der Waals surface area contributed by atoms with E-state index in [9.17, 15) is 45.4 Å². The molecule has 30 heteroatoms. The number of likely N-dealkylation sites (tertiary alicyclic amines) is 3. The number of anilines is 3. The van der Waals surface area contributed by atoms with E-state index in [-0.39, 0.29) is 70.3 Å². The number of nitrogens with one attached hydrogen (secondary N) is 1. The van der Waals surface area contributed by atoms with Gasteiger partial charge in [0.2, 0.25) is 5.91 Å². The van der Waals surface area contributed by atoms with E-state index in [4.69, 9.17) is 30.5 Å². The summed E-state index contributed by atoms with van der Waals surface area (Å²) in [5.41, 5.74) is 27.0. The van der Waals surface area contributed by atoms with Crippen LogP contribution in [-0.4, -0.2) is 160 Å². The van der Waals surface area contributed by atoms with Crippen LogP contribution in [0, 0.1) is 35.5 Å². The maximum Gasteiger partial charge on any atom is 0.299 e. The zero-order valence-electron chi connectivity index (χ0n) is 63.2. The maximum absolute atomic E-state index is 13.6. The van der Waals surface area contributed by atoms with Crippen LogP contribution in [0.2, 0.25) is 0 Å². The summed E-state index contributed by atoms with van der Waals surface area (Å²) in [7, 11) is -6.59. The van der Waals surface area contributed by atoms with Crippen molar-refractivity contribution >= 4 is 66.7 Å². The van der Waals surface area contributed by atoms with Crippen molar-refractivity contribution < 1.29 is 58.6 Å². The van der Waals surface area contributed by atoms with E-state index in [2.05, 4.69) is 67.2 Å². The molecular formula is C86H81N15O13S2. The van der Waals surface area contributed by atoms with Gasteiger partial charge in [0.05, 0.1) is 12.0 Å². The van der Waals surface area contributed by atoms with Gasteiger partial charge >= 0.3 is 0 Å². The number of H-pyrrole nitrogens is 1. The number of tetrazole rings is 1. The smallest absolute Gasteiger partial charge is 0.299 e. The average Bonchev–Trinajstić information content (AvgIpc) is 1.58. The third-order valence-corrected chi connectivity index (χ3v) is 24.5. The lowest BCUT2D eigenvalue weighted by molar-refractivity contribution is -0.116. The van der Waals surface area contributed by atoms with Gasteiger partial charge in [-0.3, -0.25) is 32.8 Å². The Morgan fingerprint density at radius 1 is 0.474 bits per heavy atom. The maximum atomic E-state index is 13.6. The summed E-state index contributed by atoms with van der Waals surface area (Å²) in [6.07, 6.45) is 6.72. The van der Waals surface area contributed by atoms with Crippen LogP contribution >= 0.6 is 0 Å². The number of amides is 5. The lowest BCUT2D eigenvalue weighted by atomic mass is 9.74. The van der Waals surface area contributed by atoms with Gasteiger partial charge in [0.25, 0.3) is 49.6 Å². The number of hydrogen-bond acceptors (Lipinski definition) is 19. The fourth-order valence-electron chi connectivity index (χ4n) is 16.0. The number of hydrogen-bond donors (Lipinski definition) is 5. The molecule has 17 rings (SSSR count). The number of benzene rings is 6. The standard InChI is InChI=1S/C30H29N5O4S.C28H25N7O3.C28H27N3O6S/c1-33-19-28(32-21-33)40(37,38)35-20-30(25-17-23(18-31)8-11-26(25)35)13-15-34(16-14-30)29(36)27-12-10-24(39-27)9-7-22-5-3-2-4-6-22;29-17-20-7-10-23-22(16-20)28(18-35(23)27(37)25-30-32-33-31-25)12-14-34(15-13-28)26(36)24-11-9-21(38-24)8-6-19-4-2-1-3-5-19;29-17-21-7-10-24-23(16-21)28(19-31(24)26(32)18-38(34,35)36)12-14-30(15-13-28)27(33)25-11-9-22(37-25)8-6-20-4-2-1-3-5-20/h2-6,8,10-12,17,19,21H,13-16,18,20,31H2,1H3;1-5,7,9-11,16H,12-15,17-18,29H2,(H,30,31,32,33);1-5,7,9-11,16H,12-15,17-19,29H2,(H,34,35,36). The largest absolute Gasteiger partial charge is 0.443 e. The number of nitrogens with zero attached hydrogens (tertiary/aromatic N) is 11. The number of aryl methyl sites for hydroxylation is 1. The van der Waals surface area contributed by atoms with Gasteiger partial charge in [0.1, 0.15) is 0 Å². The molecule has 11 heterocycles. The van der Waals surface area contributed by atoms with Crippen LogP contribution < -0.4 is 31.3 Å². The molecule has 6 aliphatic heterocycles. The lowest BCUT2D eigenvalue weighted by Crippen LogP contribution is -2.48. The van der Waals surface area contributed by atoms with Gasteiger partial charge in [-0.15, -0.1) is 10.2 Å². The molecule has 590 valence electrons. The number of carbonyl (C=O) groups is 5. The molecule has 0 radical (unpaired) electrons. The van der Waals surface area contributed by atoms with Crippen LogP contribution in [-0.2, 0) is 67.9 Å². The average molecular weight is 1600 g/mol. The van der Waals surface area contributed by atoms with Gasteiger partial charge in [-0.05, 0) is 186 Å². The van der Waals surface area contributed by atoms with Crippen molar-refractivity contribution in [1.82, 2.24) is 44.9 Å². The highest BCUT2D eigenvalue weighted by atomic mass is 32.2. The molecule has 11 aromatic rings. The number of piperidine rings is 3. The van der Waals surface area contributed by atoms with Crippen LogP contribution in [0.25, 0.3) is 0 Å². The van der Waals surface area contributed by atoms with Crippen LogP contribution in [0.4, 0.5) is 17.1 Å². The summed E-state index contributed by atoms with van der Waals surface area (Å²) < 4.78 is 79.6. The number of rotatable bonds is 11. The number of imidazole rings is 1. The molecular weight excluding hydrogens is 1520 g/mol. The third-order valence-electron chi connectivity index (χ3n) is 22.2. The second-order valence-electron chi connectivity index (χ2n) is 29.4. The highest BCUT2D eigenvalue weighted by molar-refractivity contribution is 7.92. The predicted molar refractivity (Wildman–Crippen MR) is 429 cm³/mol. The molecule has 0 unspecified atom stereocenters. The number of fused-ring (bicyclic) bond motifs is 6. The lowest BCUT2D eigenvalue weighted by Gasteiger charge is -2.39. The second-order valence-corrected chi connectivity index (χ2v) is 32.7. The van der Waals surface area contributed by atoms with Gasteiger partial charge in [-0.2, -0.15) is 22.0 Å². The zero-order chi connectivity index (χ0) is 80.9. The molecule has 6 aliphatic rings. The zero-order valence-corrected chi connectivity index (χ0v) is 64.9. The van der Waals surface area contributed by atoms with Crippen LogP contribution in [0.1, 0.15) is 148 Å². The topological polar surface area (TPSA) is 383 Å². The van der Waals surface area contributed by atoms with Crippen LogP contribution in [0.15, 0.2) is 213 Å². The van der Waals surface area contributed by atoms with Crippen molar-refractivity contribution in [2.45, 2.75) is 79.4 Å². The number of aromatic nitrogens is 6. The number of sulfonamides is 1. The molecule has 116 heavy (non-hydrogen) atoms. The van der Waals surface area contributed by atoms with E-state index in [0.29, 0.717) is 133 Å². The van der Waals surface area contributed by atoms with Crippen molar-refractivity contribution in [2.24, 2.45) is 24.2 Å². The number of nitrogens with two attached hydrogens (primary N) is 3. The Bertz CT molecular complexity index is 5980. The molecule has 3 fully saturated rings. The first-order chi connectivity index (χ1) is 56.0. The fourth-order valence-corrected chi connectivity index (χ4v) is 18.0.